The van der Waals surface area contributed by atoms with Crippen molar-refractivity contribution in [3.63, 3.8) is 0 Å². The molecule has 5 rings (SSSR count). The van der Waals surface area contributed by atoms with Crippen molar-refractivity contribution in [2.24, 2.45) is 0 Å². The molecule has 4 aromatic rings. The second-order valence-electron chi connectivity index (χ2n) is 8.10. The Morgan fingerprint density at radius 2 is 2.15 bits per heavy atom. The minimum atomic E-state index is -1.67. The zero-order chi connectivity index (χ0) is 23.7. The van der Waals surface area contributed by atoms with Crippen molar-refractivity contribution >= 4 is 38.4 Å². The van der Waals surface area contributed by atoms with Crippen LogP contribution < -0.4 is 5.32 Å². The average Bonchev–Trinajstić information content (AvgIpc) is 3.23. The van der Waals surface area contributed by atoms with E-state index in [-0.39, 0.29) is 16.6 Å². The van der Waals surface area contributed by atoms with Crippen molar-refractivity contribution in [1.82, 2.24) is 23.9 Å². The molecule has 11 heteroatoms. The highest BCUT2D eigenvalue weighted by atomic mass is 79.9. The predicted molar refractivity (Wildman–Crippen MR) is 130 cm³/mol. The lowest BCUT2D eigenvalue weighted by atomic mass is 9.96. The quantitative estimate of drug-likeness (QED) is 0.376. The van der Waals surface area contributed by atoms with Gasteiger partial charge in [0, 0.05) is 50.1 Å². The molecule has 2 N–H and O–H groups in total. The molecule has 2 unspecified atom stereocenters. The van der Waals surface area contributed by atoms with Crippen LogP contribution in [0.15, 0.2) is 64.4 Å². The molecule has 0 radical (unpaired) electrons. The summed E-state index contributed by atoms with van der Waals surface area (Å²) in [6.07, 6.45) is 6.93. The van der Waals surface area contributed by atoms with Gasteiger partial charge in [0.1, 0.15) is 28.4 Å². The van der Waals surface area contributed by atoms with Crippen molar-refractivity contribution in [2.45, 2.75) is 30.2 Å². The molecule has 4 heterocycles. The van der Waals surface area contributed by atoms with E-state index in [4.69, 9.17) is 4.98 Å². The molecule has 34 heavy (non-hydrogen) atoms. The molecule has 3 aromatic heterocycles. The van der Waals surface area contributed by atoms with Crippen LogP contribution in [0.2, 0.25) is 0 Å². The van der Waals surface area contributed by atoms with Gasteiger partial charge in [0.2, 0.25) is 0 Å². The summed E-state index contributed by atoms with van der Waals surface area (Å²) in [7, 11) is -1.67. The Labute approximate surface area is 206 Å². The number of benzene rings is 1. The molecule has 1 aromatic carbocycles. The highest BCUT2D eigenvalue weighted by molar-refractivity contribution is 9.10. The van der Waals surface area contributed by atoms with E-state index in [1.807, 2.05) is 24.4 Å². The largest absolute Gasteiger partial charge is 0.508 e. The lowest BCUT2D eigenvalue weighted by molar-refractivity contribution is 0.326. The van der Waals surface area contributed by atoms with Crippen molar-refractivity contribution in [2.75, 3.05) is 18.4 Å². The Kier molecular flexibility index (Phi) is 6.57. The number of hydrogen-bond acceptors (Lipinski definition) is 6. The summed E-state index contributed by atoms with van der Waals surface area (Å²) in [5.41, 5.74) is 2.58. The van der Waals surface area contributed by atoms with E-state index in [1.165, 1.54) is 12.1 Å². The van der Waals surface area contributed by atoms with E-state index in [2.05, 4.69) is 31.3 Å². The smallest absolute Gasteiger partial charge is 0.171 e. The number of aromatic hydroxyl groups is 1. The third-order valence-corrected chi connectivity index (χ3v) is 7.85. The Bertz CT molecular complexity index is 1350. The monoisotopic (exact) mass is 544 g/mol. The fourth-order valence-corrected chi connectivity index (χ4v) is 5.74. The number of aromatic nitrogens is 4. The molecular weight excluding hydrogens is 523 g/mol. The van der Waals surface area contributed by atoms with Crippen LogP contribution in [-0.4, -0.2) is 46.3 Å². The summed E-state index contributed by atoms with van der Waals surface area (Å²) in [5, 5.41) is 17.3. The molecule has 0 aliphatic carbocycles. The third kappa shape index (κ3) is 4.68. The Morgan fingerprint density at radius 1 is 1.26 bits per heavy atom. The summed E-state index contributed by atoms with van der Waals surface area (Å²) < 4.78 is 31.7. The zero-order valence-electron chi connectivity index (χ0n) is 18.1. The van der Waals surface area contributed by atoms with Gasteiger partial charge in [0.25, 0.3) is 0 Å². The van der Waals surface area contributed by atoms with Gasteiger partial charge in [-0.3, -0.25) is 4.98 Å². The lowest BCUT2D eigenvalue weighted by Gasteiger charge is -2.31. The van der Waals surface area contributed by atoms with Gasteiger partial charge in [-0.1, -0.05) is 6.07 Å². The molecule has 0 bridgehead atoms. The zero-order valence-corrected chi connectivity index (χ0v) is 20.5. The number of halogens is 2. The molecular formula is C23H22BrFN6O2S. The maximum atomic E-state index is 14.3. The van der Waals surface area contributed by atoms with Gasteiger partial charge in [-0.2, -0.15) is 9.61 Å². The number of fused-ring (bicyclic) bond motifs is 1. The Morgan fingerprint density at radius 3 is 2.94 bits per heavy atom. The summed E-state index contributed by atoms with van der Waals surface area (Å²) in [6.45, 7) is 1.64. The SMILES string of the molecule is O=S(c1ccc(O)cc1F)N1CCCC(c2cc(NCc3cccnc3)n3ncc(Br)c3n2)C1. The Balaban J connectivity index is 1.41. The van der Waals surface area contributed by atoms with Gasteiger partial charge < -0.3 is 10.4 Å². The minimum absolute atomic E-state index is 0.0172. The molecule has 2 atom stereocenters. The van der Waals surface area contributed by atoms with E-state index < -0.39 is 16.8 Å². The first-order valence-electron chi connectivity index (χ1n) is 10.8. The number of nitrogens with one attached hydrogen (secondary N) is 1. The number of piperidine rings is 1. The maximum absolute atomic E-state index is 14.3. The van der Waals surface area contributed by atoms with Crippen molar-refractivity contribution in [3.05, 3.63) is 76.5 Å². The number of nitrogens with zero attached hydrogens (tertiary/aromatic N) is 5. The predicted octanol–water partition coefficient (Wildman–Crippen LogP) is 4.25. The second-order valence-corrected chi connectivity index (χ2v) is 10.4. The summed E-state index contributed by atoms with van der Waals surface area (Å²) in [4.78, 5) is 9.06. The van der Waals surface area contributed by atoms with Crippen molar-refractivity contribution < 1.29 is 13.7 Å². The van der Waals surface area contributed by atoms with Crippen LogP contribution in [0.25, 0.3) is 5.65 Å². The van der Waals surface area contributed by atoms with Crippen LogP contribution in [0.1, 0.15) is 30.0 Å². The highest BCUT2D eigenvalue weighted by Crippen LogP contribution is 2.32. The molecule has 8 nitrogen and oxygen atoms in total. The third-order valence-electron chi connectivity index (χ3n) is 5.79. The molecule has 0 spiro atoms. The molecule has 176 valence electrons. The first kappa shape index (κ1) is 22.9. The van der Waals surface area contributed by atoms with Gasteiger partial charge in [0.15, 0.2) is 5.65 Å². The van der Waals surface area contributed by atoms with E-state index in [0.29, 0.717) is 25.3 Å². The lowest BCUT2D eigenvalue weighted by Crippen LogP contribution is -2.36. The molecule has 1 fully saturated rings. The van der Waals surface area contributed by atoms with Crippen LogP contribution in [-0.2, 0) is 17.5 Å². The summed E-state index contributed by atoms with van der Waals surface area (Å²) in [6, 6.07) is 9.57. The number of anilines is 1. The first-order valence-corrected chi connectivity index (χ1v) is 12.7. The van der Waals surface area contributed by atoms with Crippen LogP contribution in [0.3, 0.4) is 0 Å². The topological polar surface area (TPSA) is 95.7 Å². The molecule has 0 amide bonds. The second kappa shape index (κ2) is 9.77. The molecule has 1 aliphatic heterocycles. The van der Waals surface area contributed by atoms with Gasteiger partial charge >= 0.3 is 0 Å². The average molecular weight is 545 g/mol. The summed E-state index contributed by atoms with van der Waals surface area (Å²) in [5.74, 6) is -0.0592. The van der Waals surface area contributed by atoms with Crippen LogP contribution in [0.5, 0.6) is 5.75 Å². The minimum Gasteiger partial charge on any atom is -0.508 e. The van der Waals surface area contributed by atoms with E-state index in [1.54, 1.807) is 21.2 Å². The number of rotatable bonds is 6. The Hall–Kier alpha value is -2.89. The maximum Gasteiger partial charge on any atom is 0.171 e. The number of phenolic OH excluding ortho intramolecular Hbond substituents is 1. The highest BCUT2D eigenvalue weighted by Gasteiger charge is 2.29. The fourth-order valence-electron chi connectivity index (χ4n) is 4.09. The van der Waals surface area contributed by atoms with Crippen LogP contribution >= 0.6 is 15.9 Å². The normalized spacial score (nSPS) is 17.6. The number of pyridine rings is 1. The van der Waals surface area contributed by atoms with E-state index in [9.17, 15) is 13.7 Å². The number of phenols is 1. The van der Waals surface area contributed by atoms with E-state index >= 15 is 0 Å². The molecule has 1 aliphatic rings. The van der Waals surface area contributed by atoms with Crippen LogP contribution in [0.4, 0.5) is 10.2 Å². The van der Waals surface area contributed by atoms with Crippen molar-refractivity contribution in [3.8, 4) is 5.75 Å². The van der Waals surface area contributed by atoms with Crippen LogP contribution in [0, 0.1) is 5.82 Å². The van der Waals surface area contributed by atoms with Gasteiger partial charge in [-0.25, -0.2) is 17.9 Å². The molecule has 0 saturated carbocycles. The number of hydrogen-bond donors (Lipinski definition) is 2. The van der Waals surface area contributed by atoms with Gasteiger partial charge in [-0.05, 0) is 52.5 Å². The first-order chi connectivity index (χ1) is 16.5. The van der Waals surface area contributed by atoms with Crippen molar-refractivity contribution in [1.29, 1.82) is 0 Å². The fraction of sp³-hybridized carbons (Fsp3) is 0.261. The standard InChI is InChI=1S/C23H22BrFN6O2S/c24-18-13-28-31-22(27-12-15-3-1-7-26-11-15)10-20(29-23(18)31)16-4-2-8-30(14-16)34(33)21-6-5-17(32)9-19(21)25/h1,3,5-7,9-11,13,16,27,32H,2,4,8,12,14H2. The van der Waals surface area contributed by atoms with Gasteiger partial charge in [-0.15, -0.1) is 0 Å². The van der Waals surface area contributed by atoms with Gasteiger partial charge in [0.05, 0.1) is 21.3 Å². The summed E-state index contributed by atoms with van der Waals surface area (Å²) >= 11 is 3.53. The molecule has 1 saturated heterocycles. The van der Waals surface area contributed by atoms with E-state index in [0.717, 1.165) is 40.5 Å².